The number of benzene rings is 2. The van der Waals surface area contributed by atoms with Crippen LogP contribution >= 0.6 is 11.6 Å². The van der Waals surface area contributed by atoms with Crippen LogP contribution in [0.1, 0.15) is 24.3 Å². The lowest BCUT2D eigenvalue weighted by Crippen LogP contribution is -2.42. The van der Waals surface area contributed by atoms with E-state index < -0.39 is 21.9 Å². The molecule has 11 heteroatoms. The molecule has 0 amide bonds. The van der Waals surface area contributed by atoms with E-state index in [1.54, 1.807) is 19.1 Å². The summed E-state index contributed by atoms with van der Waals surface area (Å²) in [7, 11) is -3.75. The Bertz CT molecular complexity index is 1260. The van der Waals surface area contributed by atoms with E-state index in [9.17, 15) is 17.6 Å². The van der Waals surface area contributed by atoms with Crippen molar-refractivity contribution < 1.29 is 26.9 Å². The number of aromatic nitrogens is 2. The van der Waals surface area contributed by atoms with Gasteiger partial charge >= 0.3 is 5.97 Å². The normalized spacial score (nSPS) is 17.1. The van der Waals surface area contributed by atoms with Gasteiger partial charge in [0.25, 0.3) is 5.89 Å². The van der Waals surface area contributed by atoms with Crippen molar-refractivity contribution in [1.82, 2.24) is 14.4 Å². The Morgan fingerprint density at radius 1 is 1.27 bits per heavy atom. The van der Waals surface area contributed by atoms with Gasteiger partial charge in [-0.3, -0.25) is 4.79 Å². The summed E-state index contributed by atoms with van der Waals surface area (Å²) in [6.45, 7) is 1.71. The van der Waals surface area contributed by atoms with Crippen molar-refractivity contribution in [2.75, 3.05) is 13.1 Å². The Hall–Kier alpha value is -2.82. The van der Waals surface area contributed by atoms with Crippen molar-refractivity contribution in [3.8, 4) is 11.4 Å². The van der Waals surface area contributed by atoms with Gasteiger partial charge < -0.3 is 9.26 Å². The molecule has 33 heavy (non-hydrogen) atoms. The number of sulfonamides is 1. The average molecular weight is 494 g/mol. The maximum atomic E-state index is 13.8. The van der Waals surface area contributed by atoms with Crippen molar-refractivity contribution in [2.24, 2.45) is 5.92 Å². The fourth-order valence-corrected chi connectivity index (χ4v) is 5.17. The quantitative estimate of drug-likeness (QED) is 0.478. The third-order valence-electron chi connectivity index (χ3n) is 5.40. The first-order chi connectivity index (χ1) is 15.7. The molecule has 1 aliphatic heterocycles. The van der Waals surface area contributed by atoms with E-state index in [4.69, 9.17) is 20.9 Å². The Morgan fingerprint density at radius 2 is 2.03 bits per heavy atom. The molecule has 1 unspecified atom stereocenters. The van der Waals surface area contributed by atoms with Crippen LogP contribution in [-0.4, -0.2) is 41.9 Å². The molecular formula is C22H21ClFN3O5S. The average Bonchev–Trinajstić information content (AvgIpc) is 3.29. The molecule has 4 rings (SSSR count). The molecule has 2 aromatic carbocycles. The molecule has 0 N–H and O–H groups in total. The third kappa shape index (κ3) is 5.23. The molecule has 1 aliphatic rings. The van der Waals surface area contributed by atoms with E-state index in [1.165, 1.54) is 34.6 Å². The van der Waals surface area contributed by atoms with Crippen molar-refractivity contribution >= 4 is 27.6 Å². The number of esters is 1. The highest BCUT2D eigenvalue weighted by Gasteiger charge is 2.34. The molecule has 1 aromatic heterocycles. The van der Waals surface area contributed by atoms with E-state index in [0.717, 1.165) is 0 Å². The van der Waals surface area contributed by atoms with Gasteiger partial charge in [0, 0.05) is 23.7 Å². The predicted molar refractivity (Wildman–Crippen MR) is 117 cm³/mol. The van der Waals surface area contributed by atoms with Gasteiger partial charge in [-0.05, 0) is 55.7 Å². The van der Waals surface area contributed by atoms with Crippen molar-refractivity contribution in [3.63, 3.8) is 0 Å². The van der Waals surface area contributed by atoms with Gasteiger partial charge in [-0.1, -0.05) is 28.9 Å². The van der Waals surface area contributed by atoms with Crippen LogP contribution in [0.5, 0.6) is 0 Å². The zero-order valence-corrected chi connectivity index (χ0v) is 19.3. The highest BCUT2D eigenvalue weighted by Crippen LogP contribution is 2.26. The van der Waals surface area contributed by atoms with Crippen LogP contribution in [0.25, 0.3) is 11.4 Å². The maximum absolute atomic E-state index is 13.8. The number of hydrogen-bond acceptors (Lipinski definition) is 7. The van der Waals surface area contributed by atoms with Gasteiger partial charge in [-0.15, -0.1) is 0 Å². The number of carbonyl (C=O) groups excluding carboxylic acids is 1. The zero-order chi connectivity index (χ0) is 23.6. The van der Waals surface area contributed by atoms with Gasteiger partial charge in [0.05, 0.1) is 10.8 Å². The van der Waals surface area contributed by atoms with Gasteiger partial charge in [-0.2, -0.15) is 9.29 Å². The summed E-state index contributed by atoms with van der Waals surface area (Å²) in [5, 5.41) is 4.23. The first-order valence-electron chi connectivity index (χ1n) is 10.3. The van der Waals surface area contributed by atoms with Crippen LogP contribution in [0.4, 0.5) is 4.39 Å². The minimum Gasteiger partial charge on any atom is -0.455 e. The molecule has 1 atom stereocenters. The Labute approximate surface area is 195 Å². The van der Waals surface area contributed by atoms with Gasteiger partial charge in [0.15, 0.2) is 6.61 Å². The van der Waals surface area contributed by atoms with Crippen LogP contribution < -0.4 is 0 Å². The largest absolute Gasteiger partial charge is 0.455 e. The number of halogens is 2. The Kier molecular flexibility index (Phi) is 6.78. The summed E-state index contributed by atoms with van der Waals surface area (Å²) in [6, 6.07) is 10.5. The molecule has 0 spiro atoms. The number of ether oxygens (including phenoxy) is 1. The molecule has 0 radical (unpaired) electrons. The van der Waals surface area contributed by atoms with Crippen molar-refractivity contribution in [3.05, 3.63) is 64.8 Å². The van der Waals surface area contributed by atoms with Crippen molar-refractivity contribution in [2.45, 2.75) is 31.3 Å². The molecule has 3 aromatic rings. The lowest BCUT2D eigenvalue weighted by molar-refractivity contribution is -0.151. The zero-order valence-electron chi connectivity index (χ0n) is 17.7. The molecule has 2 heterocycles. The standard InChI is InChI=1S/C22H21ClFN3O5S/c1-14-4-5-15(11-19(14)24)21-25-20(32-26-21)13-31-22(28)16-3-2-10-27(12-16)33(29,30)18-8-6-17(23)7-9-18/h4-9,11,16H,2-3,10,12-13H2,1H3. The minimum atomic E-state index is -3.75. The van der Waals surface area contributed by atoms with Crippen LogP contribution in [0.3, 0.4) is 0 Å². The predicted octanol–water partition coefficient (Wildman–Crippen LogP) is 3.98. The van der Waals surface area contributed by atoms with Gasteiger partial charge in [0.2, 0.25) is 15.8 Å². The summed E-state index contributed by atoms with van der Waals surface area (Å²) in [5.74, 6) is -1.32. The molecular weight excluding hydrogens is 473 g/mol. The van der Waals surface area contributed by atoms with Gasteiger partial charge in [-0.25, -0.2) is 12.8 Å². The lowest BCUT2D eigenvalue weighted by Gasteiger charge is -2.30. The van der Waals surface area contributed by atoms with E-state index in [1.807, 2.05) is 0 Å². The highest BCUT2D eigenvalue weighted by atomic mass is 35.5. The molecule has 8 nitrogen and oxygen atoms in total. The summed E-state index contributed by atoms with van der Waals surface area (Å²) >= 11 is 5.84. The second-order valence-corrected chi connectivity index (χ2v) is 10.1. The minimum absolute atomic E-state index is 0.0154. The number of hydrogen-bond donors (Lipinski definition) is 0. The Balaban J connectivity index is 1.37. The van der Waals surface area contributed by atoms with E-state index in [2.05, 4.69) is 10.1 Å². The smallest absolute Gasteiger partial charge is 0.310 e. The fourth-order valence-electron chi connectivity index (χ4n) is 3.52. The first-order valence-corrected chi connectivity index (χ1v) is 12.1. The third-order valence-corrected chi connectivity index (χ3v) is 7.54. The molecule has 0 bridgehead atoms. The van der Waals surface area contributed by atoms with Crippen LogP contribution in [0.15, 0.2) is 51.9 Å². The number of nitrogens with zero attached hydrogens (tertiary/aromatic N) is 3. The van der Waals surface area contributed by atoms with Crippen LogP contribution in [0.2, 0.25) is 5.02 Å². The summed E-state index contributed by atoms with van der Waals surface area (Å²) in [4.78, 5) is 16.8. The van der Waals surface area contributed by atoms with Crippen molar-refractivity contribution in [1.29, 1.82) is 0 Å². The highest BCUT2D eigenvalue weighted by molar-refractivity contribution is 7.89. The van der Waals surface area contributed by atoms with Crippen LogP contribution in [-0.2, 0) is 26.2 Å². The van der Waals surface area contributed by atoms with E-state index >= 15 is 0 Å². The molecule has 1 fully saturated rings. The summed E-state index contributed by atoms with van der Waals surface area (Å²) < 4.78 is 51.2. The molecule has 0 aliphatic carbocycles. The molecule has 1 saturated heterocycles. The number of piperidine rings is 1. The van der Waals surface area contributed by atoms with E-state index in [0.29, 0.717) is 35.5 Å². The molecule has 0 saturated carbocycles. The SMILES string of the molecule is Cc1ccc(-c2noc(COC(=O)C3CCCN(S(=O)(=O)c4ccc(Cl)cc4)C3)n2)cc1F. The number of aryl methyl sites for hydroxylation is 1. The monoisotopic (exact) mass is 493 g/mol. The summed E-state index contributed by atoms with van der Waals surface area (Å²) in [5.41, 5.74) is 0.936. The second kappa shape index (κ2) is 9.58. The Morgan fingerprint density at radius 3 is 2.76 bits per heavy atom. The number of rotatable bonds is 6. The topological polar surface area (TPSA) is 103 Å². The maximum Gasteiger partial charge on any atom is 0.310 e. The molecule has 174 valence electrons. The second-order valence-electron chi connectivity index (χ2n) is 7.74. The van der Waals surface area contributed by atoms with Gasteiger partial charge in [0.1, 0.15) is 5.82 Å². The first kappa shape index (κ1) is 23.3. The lowest BCUT2D eigenvalue weighted by atomic mass is 10.0. The fraction of sp³-hybridized carbons (Fsp3) is 0.318. The number of carbonyl (C=O) groups is 1. The van der Waals surface area contributed by atoms with E-state index in [-0.39, 0.29) is 35.6 Å². The van der Waals surface area contributed by atoms with Crippen LogP contribution in [0, 0.1) is 18.7 Å². The summed E-state index contributed by atoms with van der Waals surface area (Å²) in [6.07, 6.45) is 1.03.